The van der Waals surface area contributed by atoms with Crippen LogP contribution in [0.25, 0.3) is 11.0 Å². The van der Waals surface area contributed by atoms with Gasteiger partial charge >= 0.3 is 0 Å². The van der Waals surface area contributed by atoms with Crippen molar-refractivity contribution in [2.75, 3.05) is 5.32 Å². The second-order valence-corrected chi connectivity index (χ2v) is 8.42. The van der Waals surface area contributed by atoms with Gasteiger partial charge in [0.05, 0.1) is 0 Å². The van der Waals surface area contributed by atoms with E-state index in [0.29, 0.717) is 27.9 Å². The van der Waals surface area contributed by atoms with Crippen molar-refractivity contribution in [3.63, 3.8) is 0 Å². The van der Waals surface area contributed by atoms with Crippen molar-refractivity contribution < 1.29 is 9.21 Å². The van der Waals surface area contributed by atoms with Gasteiger partial charge in [0, 0.05) is 53.7 Å². The van der Waals surface area contributed by atoms with Crippen molar-refractivity contribution in [3.05, 3.63) is 102 Å². The van der Waals surface area contributed by atoms with Crippen molar-refractivity contribution in [1.82, 2.24) is 19.5 Å². The molecule has 0 atom stereocenters. The molecule has 0 aliphatic carbocycles. The zero-order valence-electron chi connectivity index (χ0n) is 17.9. The molecule has 5 rings (SSSR count). The van der Waals surface area contributed by atoms with E-state index in [1.807, 2.05) is 61.7 Å². The minimum atomic E-state index is -0.283. The minimum Gasteiger partial charge on any atom is -0.451 e. The first-order valence-electron chi connectivity index (χ1n) is 10.5. The fourth-order valence-electron chi connectivity index (χ4n) is 3.57. The lowest BCUT2D eigenvalue weighted by atomic mass is 10.1. The molecular weight excluding hydrogens is 434 g/mol. The number of amides is 1. The number of aryl methyl sites for hydroxylation is 1. The number of aromatic nitrogens is 4. The maximum atomic E-state index is 13.1. The zero-order valence-corrected chi connectivity index (χ0v) is 18.7. The highest BCUT2D eigenvalue weighted by molar-refractivity contribution is 7.98. The van der Waals surface area contributed by atoms with E-state index in [-0.39, 0.29) is 5.91 Å². The van der Waals surface area contributed by atoms with Gasteiger partial charge in [-0.15, -0.1) is 0 Å². The Bertz CT molecular complexity index is 1390. The van der Waals surface area contributed by atoms with Crippen LogP contribution in [-0.2, 0) is 12.3 Å². The van der Waals surface area contributed by atoms with E-state index in [9.17, 15) is 4.79 Å². The number of carbonyl (C=O) groups is 1. The van der Waals surface area contributed by atoms with Crippen LogP contribution in [0.4, 0.5) is 5.69 Å². The SMILES string of the molecule is Cc1nccn1Cc1ccc(NC(=O)c2oc3ccccc3c2CSc2ncccn2)cc1. The summed E-state index contributed by atoms with van der Waals surface area (Å²) < 4.78 is 8.02. The smallest absolute Gasteiger partial charge is 0.291 e. The first-order valence-corrected chi connectivity index (χ1v) is 11.4. The second-order valence-electron chi connectivity index (χ2n) is 7.48. The van der Waals surface area contributed by atoms with Gasteiger partial charge in [0.25, 0.3) is 5.91 Å². The zero-order chi connectivity index (χ0) is 22.6. The number of hydrogen-bond acceptors (Lipinski definition) is 6. The van der Waals surface area contributed by atoms with Crippen LogP contribution in [-0.4, -0.2) is 25.4 Å². The highest BCUT2D eigenvalue weighted by atomic mass is 32.2. The Balaban J connectivity index is 1.35. The van der Waals surface area contributed by atoms with E-state index in [0.717, 1.165) is 28.9 Å². The Hall–Kier alpha value is -3.91. The van der Waals surface area contributed by atoms with Crippen molar-refractivity contribution in [2.45, 2.75) is 24.4 Å². The van der Waals surface area contributed by atoms with Crippen molar-refractivity contribution >= 4 is 34.3 Å². The first kappa shape index (κ1) is 21.0. The maximum absolute atomic E-state index is 13.1. The molecule has 3 aromatic heterocycles. The lowest BCUT2D eigenvalue weighted by Gasteiger charge is -2.08. The molecule has 0 spiro atoms. The number of imidazole rings is 1. The molecule has 1 N–H and O–H groups in total. The van der Waals surface area contributed by atoms with Gasteiger partial charge in [-0.2, -0.15) is 0 Å². The number of thioether (sulfide) groups is 1. The number of nitrogens with one attached hydrogen (secondary N) is 1. The van der Waals surface area contributed by atoms with Gasteiger partial charge in [-0.05, 0) is 36.8 Å². The number of nitrogens with zero attached hydrogens (tertiary/aromatic N) is 4. The van der Waals surface area contributed by atoms with E-state index in [4.69, 9.17) is 4.42 Å². The third-order valence-corrected chi connectivity index (χ3v) is 6.18. The maximum Gasteiger partial charge on any atom is 0.291 e. The molecule has 1 amide bonds. The molecule has 0 aliphatic rings. The molecule has 2 aromatic carbocycles. The Morgan fingerprint density at radius 3 is 2.55 bits per heavy atom. The molecule has 3 heterocycles. The quantitative estimate of drug-likeness (QED) is 0.264. The lowest BCUT2D eigenvalue weighted by molar-refractivity contribution is 0.0998. The third-order valence-electron chi connectivity index (χ3n) is 5.28. The normalized spacial score (nSPS) is 11.1. The average molecular weight is 456 g/mol. The van der Waals surface area contributed by atoms with Crippen LogP contribution in [0.3, 0.4) is 0 Å². The Kier molecular flexibility index (Phi) is 5.91. The van der Waals surface area contributed by atoms with Gasteiger partial charge in [-0.3, -0.25) is 4.79 Å². The van der Waals surface area contributed by atoms with Crippen molar-refractivity contribution in [3.8, 4) is 0 Å². The predicted octanol–water partition coefficient (Wildman–Crippen LogP) is 5.32. The van der Waals surface area contributed by atoms with E-state index in [1.165, 1.54) is 11.8 Å². The fourth-order valence-corrected chi connectivity index (χ4v) is 4.40. The molecular formula is C25H21N5O2S. The van der Waals surface area contributed by atoms with Crippen molar-refractivity contribution in [2.24, 2.45) is 0 Å². The number of furan rings is 1. The standard InChI is InChI=1S/C25H21N5O2S/c1-17-26-13-14-30(17)15-18-7-9-19(10-8-18)29-24(31)23-21(16-33-25-27-11-4-12-28-25)20-5-2-3-6-22(20)32-23/h2-14H,15-16H2,1H3,(H,29,31). The van der Waals surface area contributed by atoms with Gasteiger partial charge in [0.2, 0.25) is 0 Å². The van der Waals surface area contributed by atoms with Crippen molar-refractivity contribution in [1.29, 1.82) is 0 Å². The summed E-state index contributed by atoms with van der Waals surface area (Å²) in [7, 11) is 0. The molecule has 0 unspecified atom stereocenters. The highest BCUT2D eigenvalue weighted by Crippen LogP contribution is 2.31. The Labute approximate surface area is 194 Å². The lowest BCUT2D eigenvalue weighted by Crippen LogP contribution is -2.13. The summed E-state index contributed by atoms with van der Waals surface area (Å²) in [6, 6.07) is 17.2. The van der Waals surface area contributed by atoms with Gasteiger partial charge in [-0.25, -0.2) is 15.0 Å². The summed E-state index contributed by atoms with van der Waals surface area (Å²) in [5.41, 5.74) is 3.33. The molecule has 33 heavy (non-hydrogen) atoms. The van der Waals surface area contributed by atoms with Crippen LogP contribution in [0.15, 0.2) is 89.0 Å². The molecule has 164 valence electrons. The van der Waals surface area contributed by atoms with E-state index in [1.54, 1.807) is 24.7 Å². The number of fused-ring (bicyclic) bond motifs is 1. The molecule has 0 aliphatic heterocycles. The largest absolute Gasteiger partial charge is 0.451 e. The summed E-state index contributed by atoms with van der Waals surface area (Å²) in [5, 5.41) is 4.53. The summed E-state index contributed by atoms with van der Waals surface area (Å²) in [6.07, 6.45) is 7.14. The molecule has 7 nitrogen and oxygen atoms in total. The molecule has 5 aromatic rings. The molecule has 8 heteroatoms. The predicted molar refractivity (Wildman–Crippen MR) is 128 cm³/mol. The van der Waals surface area contributed by atoms with Crippen LogP contribution in [0.5, 0.6) is 0 Å². The van der Waals surface area contributed by atoms with E-state index in [2.05, 4.69) is 24.8 Å². The molecule has 0 fully saturated rings. The van der Waals surface area contributed by atoms with E-state index >= 15 is 0 Å². The first-order chi connectivity index (χ1) is 16.2. The Morgan fingerprint density at radius 2 is 1.79 bits per heavy atom. The number of carbonyl (C=O) groups excluding carboxylic acids is 1. The molecule has 0 radical (unpaired) electrons. The number of hydrogen-bond donors (Lipinski definition) is 1. The average Bonchev–Trinajstić information content (AvgIpc) is 3.43. The number of anilines is 1. The van der Waals surface area contributed by atoms with Gasteiger partial charge in [0.1, 0.15) is 11.4 Å². The number of benzene rings is 2. The minimum absolute atomic E-state index is 0.283. The van der Waals surface area contributed by atoms with Crippen LogP contribution in [0, 0.1) is 6.92 Å². The van der Waals surface area contributed by atoms with E-state index < -0.39 is 0 Å². The summed E-state index contributed by atoms with van der Waals surface area (Å²) in [5.74, 6) is 1.50. The number of rotatable bonds is 7. The summed E-state index contributed by atoms with van der Waals surface area (Å²) >= 11 is 1.47. The molecule has 0 saturated carbocycles. The molecule has 0 saturated heterocycles. The monoisotopic (exact) mass is 455 g/mol. The third kappa shape index (κ3) is 4.65. The van der Waals surface area contributed by atoms with Crippen LogP contribution < -0.4 is 5.32 Å². The number of para-hydroxylation sites is 1. The summed E-state index contributed by atoms with van der Waals surface area (Å²) in [4.78, 5) is 25.9. The fraction of sp³-hybridized carbons (Fsp3) is 0.120. The van der Waals surface area contributed by atoms with Crippen LogP contribution >= 0.6 is 11.8 Å². The molecule has 0 bridgehead atoms. The van der Waals surface area contributed by atoms with Crippen LogP contribution in [0.1, 0.15) is 27.5 Å². The summed E-state index contributed by atoms with van der Waals surface area (Å²) in [6.45, 7) is 2.70. The van der Waals surface area contributed by atoms with Gasteiger partial charge < -0.3 is 14.3 Å². The van der Waals surface area contributed by atoms with Gasteiger partial charge in [0.15, 0.2) is 10.9 Å². The van der Waals surface area contributed by atoms with Crippen LogP contribution in [0.2, 0.25) is 0 Å². The Morgan fingerprint density at radius 1 is 1.00 bits per heavy atom. The highest BCUT2D eigenvalue weighted by Gasteiger charge is 2.21. The topological polar surface area (TPSA) is 85.8 Å². The van der Waals surface area contributed by atoms with Gasteiger partial charge in [-0.1, -0.05) is 42.1 Å². The second kappa shape index (κ2) is 9.30.